The van der Waals surface area contributed by atoms with E-state index in [-0.39, 0.29) is 22.8 Å². The topological polar surface area (TPSA) is 98.7 Å². The van der Waals surface area contributed by atoms with E-state index in [4.69, 9.17) is 5.11 Å². The number of carbonyl (C=O) groups is 2. The number of hydrogen-bond acceptors (Lipinski definition) is 3. The normalized spacial score (nSPS) is 16.4. The van der Waals surface area contributed by atoms with Gasteiger partial charge in [0, 0.05) is 18.3 Å². The maximum Gasteiger partial charge on any atom is 0.339 e. The van der Waals surface area contributed by atoms with Gasteiger partial charge in [0.05, 0.1) is 0 Å². The summed E-state index contributed by atoms with van der Waals surface area (Å²) in [4.78, 5) is 22.6. The van der Waals surface area contributed by atoms with Crippen molar-refractivity contribution in [1.82, 2.24) is 5.32 Å². The Morgan fingerprint density at radius 1 is 1.29 bits per heavy atom. The Bertz CT molecular complexity index is 551. The molecule has 1 aliphatic carbocycles. The van der Waals surface area contributed by atoms with Gasteiger partial charge in [-0.2, -0.15) is 0 Å². The van der Waals surface area contributed by atoms with Gasteiger partial charge in [-0.15, -0.1) is 0 Å². The number of nitrogens with one attached hydrogen (secondary N) is 2. The van der Waals surface area contributed by atoms with E-state index >= 15 is 0 Å². The SMILES string of the molecule is CC1(CNC(=O)Nc2ccc(C(=O)O)c(O)c2)CCCC1. The Morgan fingerprint density at radius 3 is 2.52 bits per heavy atom. The Balaban J connectivity index is 1.90. The van der Waals surface area contributed by atoms with Crippen LogP contribution in [0.2, 0.25) is 0 Å². The summed E-state index contributed by atoms with van der Waals surface area (Å²) in [6, 6.07) is 3.57. The third kappa shape index (κ3) is 3.87. The highest BCUT2D eigenvalue weighted by Crippen LogP contribution is 2.36. The van der Waals surface area contributed by atoms with E-state index in [1.165, 1.54) is 31.0 Å². The van der Waals surface area contributed by atoms with Crippen LogP contribution >= 0.6 is 0 Å². The summed E-state index contributed by atoms with van der Waals surface area (Å²) in [5.41, 5.74) is 0.318. The summed E-state index contributed by atoms with van der Waals surface area (Å²) in [5.74, 6) is -1.58. The number of carbonyl (C=O) groups excluding carboxylic acids is 1. The first-order valence-electron chi connectivity index (χ1n) is 7.01. The number of rotatable bonds is 4. The number of amides is 2. The smallest absolute Gasteiger partial charge is 0.339 e. The van der Waals surface area contributed by atoms with Crippen LogP contribution in [-0.4, -0.2) is 28.8 Å². The van der Waals surface area contributed by atoms with Crippen molar-refractivity contribution in [3.63, 3.8) is 0 Å². The molecule has 2 amide bonds. The van der Waals surface area contributed by atoms with Crippen LogP contribution in [0.4, 0.5) is 10.5 Å². The molecule has 0 bridgehead atoms. The van der Waals surface area contributed by atoms with Crippen LogP contribution in [0.3, 0.4) is 0 Å². The van der Waals surface area contributed by atoms with Gasteiger partial charge in [0.2, 0.25) is 0 Å². The number of urea groups is 1. The molecule has 4 N–H and O–H groups in total. The van der Waals surface area contributed by atoms with Crippen molar-refractivity contribution in [3.05, 3.63) is 23.8 Å². The van der Waals surface area contributed by atoms with Gasteiger partial charge >= 0.3 is 12.0 Å². The number of hydrogen-bond donors (Lipinski definition) is 4. The third-order valence-electron chi connectivity index (χ3n) is 3.97. The summed E-state index contributed by atoms with van der Waals surface area (Å²) < 4.78 is 0. The van der Waals surface area contributed by atoms with Crippen LogP contribution < -0.4 is 10.6 Å². The monoisotopic (exact) mass is 292 g/mol. The molecule has 1 aliphatic rings. The molecular weight excluding hydrogens is 272 g/mol. The van der Waals surface area contributed by atoms with Crippen LogP contribution in [-0.2, 0) is 0 Å². The van der Waals surface area contributed by atoms with E-state index in [2.05, 4.69) is 17.6 Å². The van der Waals surface area contributed by atoms with Gasteiger partial charge in [0.1, 0.15) is 11.3 Å². The molecule has 114 valence electrons. The number of aromatic carboxylic acids is 1. The molecule has 2 rings (SSSR count). The van der Waals surface area contributed by atoms with Gasteiger partial charge in [-0.05, 0) is 30.4 Å². The van der Waals surface area contributed by atoms with Gasteiger partial charge < -0.3 is 20.8 Å². The summed E-state index contributed by atoms with van der Waals surface area (Å²) in [6.07, 6.45) is 4.62. The molecule has 6 heteroatoms. The highest BCUT2D eigenvalue weighted by Gasteiger charge is 2.28. The predicted molar refractivity (Wildman–Crippen MR) is 78.7 cm³/mol. The molecular formula is C15H20N2O4. The number of phenols is 1. The van der Waals surface area contributed by atoms with E-state index < -0.39 is 5.97 Å². The second-order valence-corrected chi connectivity index (χ2v) is 5.86. The fourth-order valence-electron chi connectivity index (χ4n) is 2.66. The van der Waals surface area contributed by atoms with Crippen molar-refractivity contribution >= 4 is 17.7 Å². The molecule has 1 fully saturated rings. The maximum absolute atomic E-state index is 11.8. The maximum atomic E-state index is 11.8. The molecule has 1 aromatic rings. The first-order chi connectivity index (χ1) is 9.89. The van der Waals surface area contributed by atoms with Crippen molar-refractivity contribution in [2.75, 3.05) is 11.9 Å². The fourth-order valence-corrected chi connectivity index (χ4v) is 2.66. The van der Waals surface area contributed by atoms with Crippen LogP contribution in [0, 0.1) is 5.41 Å². The Morgan fingerprint density at radius 2 is 1.95 bits per heavy atom. The Hall–Kier alpha value is -2.24. The van der Waals surface area contributed by atoms with Gasteiger partial charge in [-0.3, -0.25) is 0 Å². The lowest BCUT2D eigenvalue weighted by Gasteiger charge is -2.23. The molecule has 0 saturated heterocycles. The van der Waals surface area contributed by atoms with E-state index in [1.54, 1.807) is 0 Å². The van der Waals surface area contributed by atoms with E-state index in [9.17, 15) is 14.7 Å². The third-order valence-corrected chi connectivity index (χ3v) is 3.97. The van der Waals surface area contributed by atoms with Crippen molar-refractivity contribution in [2.45, 2.75) is 32.6 Å². The molecule has 0 aliphatic heterocycles. The van der Waals surface area contributed by atoms with Crippen molar-refractivity contribution in [3.8, 4) is 5.75 Å². The first kappa shape index (κ1) is 15.2. The predicted octanol–water partition coefficient (Wildman–Crippen LogP) is 2.79. The zero-order chi connectivity index (χ0) is 15.5. The second-order valence-electron chi connectivity index (χ2n) is 5.86. The molecule has 1 aromatic carbocycles. The quantitative estimate of drug-likeness (QED) is 0.685. The molecule has 6 nitrogen and oxygen atoms in total. The lowest BCUT2D eigenvalue weighted by atomic mass is 9.89. The minimum absolute atomic E-state index is 0.159. The zero-order valence-corrected chi connectivity index (χ0v) is 12.0. The average Bonchev–Trinajstić information content (AvgIpc) is 2.84. The van der Waals surface area contributed by atoms with Crippen molar-refractivity contribution < 1.29 is 19.8 Å². The largest absolute Gasteiger partial charge is 0.507 e. The lowest BCUT2D eigenvalue weighted by Crippen LogP contribution is -2.36. The molecule has 21 heavy (non-hydrogen) atoms. The van der Waals surface area contributed by atoms with E-state index in [1.807, 2.05) is 0 Å². The average molecular weight is 292 g/mol. The van der Waals surface area contributed by atoms with E-state index in [0.717, 1.165) is 12.8 Å². The van der Waals surface area contributed by atoms with Crippen LogP contribution in [0.25, 0.3) is 0 Å². The van der Waals surface area contributed by atoms with Gasteiger partial charge in [0.25, 0.3) is 0 Å². The lowest BCUT2D eigenvalue weighted by molar-refractivity contribution is 0.0694. The van der Waals surface area contributed by atoms with Gasteiger partial charge in [-0.25, -0.2) is 9.59 Å². The Kier molecular flexibility index (Phi) is 4.35. The van der Waals surface area contributed by atoms with Gasteiger partial charge in [-0.1, -0.05) is 19.8 Å². The van der Waals surface area contributed by atoms with Crippen LogP contribution in [0.1, 0.15) is 43.0 Å². The number of carboxylic acid groups (broad SMARTS) is 1. The van der Waals surface area contributed by atoms with Gasteiger partial charge in [0.15, 0.2) is 0 Å². The summed E-state index contributed by atoms with van der Waals surface area (Å²) in [7, 11) is 0. The Labute approximate surface area is 123 Å². The molecule has 0 aromatic heterocycles. The number of aromatic hydroxyl groups is 1. The number of carboxylic acids is 1. The molecule has 0 heterocycles. The zero-order valence-electron chi connectivity index (χ0n) is 12.0. The van der Waals surface area contributed by atoms with E-state index in [0.29, 0.717) is 12.2 Å². The molecule has 0 radical (unpaired) electrons. The minimum Gasteiger partial charge on any atom is -0.507 e. The summed E-state index contributed by atoms with van der Waals surface area (Å²) in [5, 5.41) is 23.8. The fraction of sp³-hybridized carbons (Fsp3) is 0.467. The standard InChI is InChI=1S/C15H20N2O4/c1-15(6-2-3-7-15)9-16-14(21)17-10-4-5-11(13(19)20)12(18)8-10/h4-5,8,18H,2-3,6-7,9H2,1H3,(H,19,20)(H2,16,17,21). The molecule has 0 unspecified atom stereocenters. The van der Waals surface area contributed by atoms with Crippen molar-refractivity contribution in [1.29, 1.82) is 0 Å². The van der Waals surface area contributed by atoms with Crippen LogP contribution in [0.15, 0.2) is 18.2 Å². The number of benzene rings is 1. The summed E-state index contributed by atoms with van der Waals surface area (Å²) >= 11 is 0. The summed E-state index contributed by atoms with van der Waals surface area (Å²) in [6.45, 7) is 2.77. The molecule has 0 spiro atoms. The highest BCUT2D eigenvalue weighted by molar-refractivity contribution is 5.93. The number of anilines is 1. The highest BCUT2D eigenvalue weighted by atomic mass is 16.4. The second kappa shape index (κ2) is 6.03. The first-order valence-corrected chi connectivity index (χ1v) is 7.01. The van der Waals surface area contributed by atoms with Crippen molar-refractivity contribution in [2.24, 2.45) is 5.41 Å². The molecule has 1 saturated carbocycles. The minimum atomic E-state index is -1.21. The molecule has 0 atom stereocenters. The van der Waals surface area contributed by atoms with Crippen LogP contribution in [0.5, 0.6) is 5.75 Å².